The molecule has 0 amide bonds. The van der Waals surface area contributed by atoms with E-state index in [1.807, 2.05) is 36.4 Å². The first-order valence-corrected chi connectivity index (χ1v) is 6.45. The maximum absolute atomic E-state index is 11.1. The van der Waals surface area contributed by atoms with Crippen LogP contribution in [0.3, 0.4) is 0 Å². The number of nitrogens with zero attached hydrogens (tertiary/aromatic N) is 1. The van der Waals surface area contributed by atoms with Crippen LogP contribution >= 0.6 is 11.6 Å². The van der Waals surface area contributed by atoms with Crippen molar-refractivity contribution in [2.24, 2.45) is 0 Å². The number of benzene rings is 2. The molecular weight excluding hydrogens is 274 g/mol. The van der Waals surface area contributed by atoms with Crippen molar-refractivity contribution in [2.75, 3.05) is 0 Å². The first-order chi connectivity index (χ1) is 9.69. The predicted molar refractivity (Wildman–Crippen MR) is 76.5 cm³/mol. The number of ether oxygens (including phenoxy) is 1. The van der Waals surface area contributed by atoms with E-state index in [9.17, 15) is 4.79 Å². The topological polar surface area (TPSA) is 50.1 Å². The highest BCUT2D eigenvalue weighted by Crippen LogP contribution is 2.22. The first kappa shape index (κ1) is 14.1. The summed E-state index contributed by atoms with van der Waals surface area (Å²) >= 11 is 5.42. The third kappa shape index (κ3) is 3.84. The molecule has 0 saturated heterocycles. The summed E-state index contributed by atoms with van der Waals surface area (Å²) in [6.07, 6.45) is 0.0429. The van der Waals surface area contributed by atoms with Crippen LogP contribution in [0.1, 0.15) is 16.7 Å². The summed E-state index contributed by atoms with van der Waals surface area (Å²) in [5.41, 5.74) is 2.13. The van der Waals surface area contributed by atoms with Crippen LogP contribution in [0.5, 0.6) is 5.75 Å². The van der Waals surface area contributed by atoms with Crippen molar-refractivity contribution in [3.05, 3.63) is 65.2 Å². The number of carbonyl (C=O) groups is 1. The Balaban J connectivity index is 2.18. The van der Waals surface area contributed by atoms with Crippen molar-refractivity contribution in [3.8, 4) is 11.8 Å². The second kappa shape index (κ2) is 6.74. The van der Waals surface area contributed by atoms with E-state index in [1.54, 1.807) is 18.2 Å². The van der Waals surface area contributed by atoms with Gasteiger partial charge in [0.15, 0.2) is 0 Å². The van der Waals surface area contributed by atoms with Gasteiger partial charge < -0.3 is 4.74 Å². The zero-order valence-corrected chi connectivity index (χ0v) is 11.4. The Kier molecular flexibility index (Phi) is 4.75. The summed E-state index contributed by atoms with van der Waals surface area (Å²) in [7, 11) is 0. The summed E-state index contributed by atoms with van der Waals surface area (Å²) in [6, 6.07) is 16.7. The van der Waals surface area contributed by atoms with E-state index in [4.69, 9.17) is 21.6 Å². The molecule has 4 heteroatoms. The zero-order chi connectivity index (χ0) is 14.4. The Morgan fingerprint density at radius 1 is 1.20 bits per heavy atom. The predicted octanol–water partition coefficient (Wildman–Crippen LogP) is 3.45. The molecule has 2 aromatic carbocycles. The minimum Gasteiger partial charge on any atom is -0.489 e. The minimum absolute atomic E-state index is 0.0429. The molecule has 3 nitrogen and oxygen atoms in total. The Hall–Kier alpha value is -2.31. The largest absolute Gasteiger partial charge is 0.489 e. The van der Waals surface area contributed by atoms with Crippen LogP contribution in [0.15, 0.2) is 48.5 Å². The van der Waals surface area contributed by atoms with Crippen LogP contribution in [0.4, 0.5) is 0 Å². The fourth-order valence-electron chi connectivity index (χ4n) is 1.81. The molecule has 0 spiro atoms. The monoisotopic (exact) mass is 285 g/mol. The molecule has 2 rings (SSSR count). The van der Waals surface area contributed by atoms with E-state index in [2.05, 4.69) is 0 Å². The van der Waals surface area contributed by atoms with Gasteiger partial charge in [-0.2, -0.15) is 5.26 Å². The second-order valence-corrected chi connectivity index (χ2v) is 4.66. The highest BCUT2D eigenvalue weighted by Gasteiger charge is 2.09. The molecule has 0 fully saturated rings. The lowest BCUT2D eigenvalue weighted by atomic mass is 10.1. The maximum atomic E-state index is 11.1. The molecule has 0 atom stereocenters. The number of rotatable bonds is 5. The molecule has 0 aromatic heterocycles. The molecule has 0 saturated carbocycles. The van der Waals surface area contributed by atoms with Gasteiger partial charge in [0.25, 0.3) is 0 Å². The minimum atomic E-state index is -0.482. The molecule has 100 valence electrons. The van der Waals surface area contributed by atoms with Crippen molar-refractivity contribution in [1.29, 1.82) is 5.26 Å². The van der Waals surface area contributed by atoms with Crippen LogP contribution in [-0.4, -0.2) is 5.24 Å². The zero-order valence-electron chi connectivity index (χ0n) is 10.7. The highest BCUT2D eigenvalue weighted by molar-refractivity contribution is 6.63. The van der Waals surface area contributed by atoms with Gasteiger partial charge in [-0.25, -0.2) is 0 Å². The Morgan fingerprint density at radius 2 is 1.95 bits per heavy atom. The summed E-state index contributed by atoms with van der Waals surface area (Å²) in [6.45, 7) is 0.399. The number of nitriles is 1. The summed E-state index contributed by atoms with van der Waals surface area (Å²) in [4.78, 5) is 11.1. The SMILES string of the molecule is N#Cc1ccc(OCc2ccccc2)c(CC(=O)Cl)c1. The van der Waals surface area contributed by atoms with E-state index in [-0.39, 0.29) is 6.42 Å². The second-order valence-electron chi connectivity index (χ2n) is 4.24. The van der Waals surface area contributed by atoms with Crippen LogP contribution < -0.4 is 4.74 Å². The van der Waals surface area contributed by atoms with Crippen LogP contribution in [-0.2, 0) is 17.8 Å². The Morgan fingerprint density at radius 3 is 2.60 bits per heavy atom. The summed E-state index contributed by atoms with van der Waals surface area (Å²) < 4.78 is 5.70. The van der Waals surface area contributed by atoms with E-state index >= 15 is 0 Å². The highest BCUT2D eigenvalue weighted by atomic mass is 35.5. The van der Waals surface area contributed by atoms with Gasteiger partial charge in [-0.3, -0.25) is 4.79 Å². The summed E-state index contributed by atoms with van der Waals surface area (Å²) in [5.74, 6) is 0.571. The standard InChI is InChI=1S/C16H12ClNO2/c17-16(19)9-14-8-13(10-18)6-7-15(14)20-11-12-4-2-1-3-5-12/h1-8H,9,11H2. The molecule has 0 aliphatic heterocycles. The number of hydrogen-bond acceptors (Lipinski definition) is 3. The van der Waals surface area contributed by atoms with Gasteiger partial charge in [-0.05, 0) is 35.4 Å². The lowest BCUT2D eigenvalue weighted by molar-refractivity contribution is -0.111. The number of hydrogen-bond donors (Lipinski definition) is 0. The Labute approximate surface area is 122 Å². The maximum Gasteiger partial charge on any atom is 0.226 e. The van der Waals surface area contributed by atoms with Gasteiger partial charge in [0.1, 0.15) is 12.4 Å². The molecule has 2 aromatic rings. The third-order valence-electron chi connectivity index (χ3n) is 2.76. The molecule has 0 bridgehead atoms. The smallest absolute Gasteiger partial charge is 0.226 e. The van der Waals surface area contributed by atoms with E-state index < -0.39 is 5.24 Å². The van der Waals surface area contributed by atoms with Gasteiger partial charge in [0.05, 0.1) is 18.1 Å². The average molecular weight is 286 g/mol. The lowest BCUT2D eigenvalue weighted by Crippen LogP contribution is -2.02. The fourth-order valence-corrected chi connectivity index (χ4v) is 1.96. The van der Waals surface area contributed by atoms with Crippen molar-refractivity contribution in [2.45, 2.75) is 13.0 Å². The van der Waals surface area contributed by atoms with Crippen LogP contribution in [0.2, 0.25) is 0 Å². The Bertz CT molecular complexity index is 647. The van der Waals surface area contributed by atoms with Gasteiger partial charge >= 0.3 is 0 Å². The van der Waals surface area contributed by atoms with E-state index in [0.29, 0.717) is 23.5 Å². The number of halogens is 1. The van der Waals surface area contributed by atoms with Crippen molar-refractivity contribution < 1.29 is 9.53 Å². The van der Waals surface area contributed by atoms with Gasteiger partial charge in [-0.15, -0.1) is 0 Å². The average Bonchev–Trinajstić information content (AvgIpc) is 2.46. The fraction of sp³-hybridized carbons (Fsp3) is 0.125. The molecule has 0 aliphatic rings. The lowest BCUT2D eigenvalue weighted by Gasteiger charge is -2.11. The molecule has 0 N–H and O–H groups in total. The number of carbonyl (C=O) groups excluding carboxylic acids is 1. The first-order valence-electron chi connectivity index (χ1n) is 6.07. The van der Waals surface area contributed by atoms with Gasteiger partial charge in [0.2, 0.25) is 5.24 Å². The molecule has 0 aliphatic carbocycles. The van der Waals surface area contributed by atoms with Crippen molar-refractivity contribution in [1.82, 2.24) is 0 Å². The van der Waals surface area contributed by atoms with E-state index in [0.717, 1.165) is 5.56 Å². The van der Waals surface area contributed by atoms with E-state index in [1.165, 1.54) is 0 Å². The molecular formula is C16H12ClNO2. The van der Waals surface area contributed by atoms with Crippen LogP contribution in [0, 0.1) is 11.3 Å². The molecule has 0 heterocycles. The third-order valence-corrected chi connectivity index (χ3v) is 2.89. The quantitative estimate of drug-likeness (QED) is 0.791. The van der Waals surface area contributed by atoms with Crippen LogP contribution in [0.25, 0.3) is 0 Å². The van der Waals surface area contributed by atoms with Crippen molar-refractivity contribution in [3.63, 3.8) is 0 Å². The van der Waals surface area contributed by atoms with Gasteiger partial charge in [0, 0.05) is 5.56 Å². The van der Waals surface area contributed by atoms with Crippen molar-refractivity contribution >= 4 is 16.8 Å². The van der Waals surface area contributed by atoms with Gasteiger partial charge in [-0.1, -0.05) is 30.3 Å². The summed E-state index contributed by atoms with van der Waals surface area (Å²) in [5, 5.41) is 8.40. The molecule has 0 unspecified atom stereocenters. The molecule has 20 heavy (non-hydrogen) atoms. The normalized spacial score (nSPS) is 9.80. The molecule has 0 radical (unpaired) electrons.